The molecule has 0 spiro atoms. The quantitative estimate of drug-likeness (QED) is 0.476. The summed E-state index contributed by atoms with van der Waals surface area (Å²) >= 11 is 0. The highest BCUT2D eigenvalue weighted by Crippen LogP contribution is 2.23. The Morgan fingerprint density at radius 3 is 2.67 bits per heavy atom. The van der Waals surface area contributed by atoms with E-state index in [2.05, 4.69) is 17.2 Å². The molecule has 0 aliphatic carbocycles. The fraction of sp³-hybridized carbons (Fsp3) is 0.200. The minimum atomic E-state index is -0.146. The first-order chi connectivity index (χ1) is 14.5. The van der Waals surface area contributed by atoms with E-state index >= 15 is 0 Å². The van der Waals surface area contributed by atoms with Gasteiger partial charge in [-0.2, -0.15) is 0 Å². The van der Waals surface area contributed by atoms with Crippen molar-refractivity contribution < 1.29 is 9.53 Å². The number of hydrogen-bond acceptors (Lipinski definition) is 3. The summed E-state index contributed by atoms with van der Waals surface area (Å²) in [5.41, 5.74) is 6.50. The number of carbonyl (C=O) groups is 1. The van der Waals surface area contributed by atoms with Gasteiger partial charge in [-0.1, -0.05) is 37.3 Å². The molecule has 0 fully saturated rings. The van der Waals surface area contributed by atoms with Gasteiger partial charge >= 0.3 is 0 Å². The van der Waals surface area contributed by atoms with E-state index in [1.807, 2.05) is 73.1 Å². The van der Waals surface area contributed by atoms with Crippen molar-refractivity contribution in [2.24, 2.45) is 0 Å². The highest BCUT2D eigenvalue weighted by molar-refractivity contribution is 6.05. The smallest absolute Gasteiger partial charge is 0.255 e. The number of nitrogens with one attached hydrogen (secondary N) is 1. The Kier molecular flexibility index (Phi) is 5.53. The van der Waals surface area contributed by atoms with Gasteiger partial charge in [-0.05, 0) is 61.2 Å². The molecule has 0 saturated heterocycles. The van der Waals surface area contributed by atoms with Gasteiger partial charge in [-0.15, -0.1) is 0 Å². The number of pyridine rings is 1. The number of amides is 1. The lowest BCUT2D eigenvalue weighted by molar-refractivity contribution is 0.102. The molecule has 5 nitrogen and oxygen atoms in total. The van der Waals surface area contributed by atoms with Gasteiger partial charge in [0.15, 0.2) is 0 Å². The van der Waals surface area contributed by atoms with Crippen molar-refractivity contribution in [1.29, 1.82) is 0 Å². The standard InChI is InChI=1S/C25H25N3O2/c1-4-19-10-5-8-17(2)23(19)27-25(29)20-11-6-12-22(14-20)30-16-21-15-28-13-7-9-18(3)24(28)26-21/h5-15H,4,16H2,1-3H3,(H,27,29). The number of fused-ring (bicyclic) bond motifs is 1. The predicted octanol–water partition coefficient (Wildman–Crippen LogP) is 5.34. The van der Waals surface area contributed by atoms with E-state index in [9.17, 15) is 4.79 Å². The van der Waals surface area contributed by atoms with Crippen LogP contribution in [0.5, 0.6) is 5.75 Å². The third kappa shape index (κ3) is 4.06. The van der Waals surface area contributed by atoms with Crippen molar-refractivity contribution >= 4 is 17.2 Å². The second-order valence-electron chi connectivity index (χ2n) is 7.39. The van der Waals surface area contributed by atoms with Gasteiger partial charge in [0.2, 0.25) is 0 Å². The third-order valence-corrected chi connectivity index (χ3v) is 5.19. The first-order valence-corrected chi connectivity index (χ1v) is 10.1. The van der Waals surface area contributed by atoms with Gasteiger partial charge in [0.05, 0.1) is 5.69 Å². The van der Waals surface area contributed by atoms with Crippen LogP contribution in [-0.2, 0) is 13.0 Å². The number of nitrogens with zero attached hydrogens (tertiary/aromatic N) is 2. The van der Waals surface area contributed by atoms with Gasteiger partial charge in [0, 0.05) is 23.6 Å². The molecule has 4 rings (SSSR count). The number of anilines is 1. The zero-order chi connectivity index (χ0) is 21.1. The molecule has 0 bridgehead atoms. The Morgan fingerprint density at radius 2 is 1.87 bits per heavy atom. The second kappa shape index (κ2) is 8.41. The highest BCUT2D eigenvalue weighted by Gasteiger charge is 2.12. The first kappa shape index (κ1) is 19.7. The van der Waals surface area contributed by atoms with Crippen LogP contribution in [0.25, 0.3) is 5.65 Å². The van der Waals surface area contributed by atoms with E-state index in [0.717, 1.165) is 40.1 Å². The third-order valence-electron chi connectivity index (χ3n) is 5.19. The molecule has 0 radical (unpaired) electrons. The van der Waals surface area contributed by atoms with Crippen LogP contribution in [0, 0.1) is 13.8 Å². The fourth-order valence-corrected chi connectivity index (χ4v) is 3.55. The minimum absolute atomic E-state index is 0.146. The van der Waals surface area contributed by atoms with Gasteiger partial charge in [0.25, 0.3) is 5.91 Å². The lowest BCUT2D eigenvalue weighted by Crippen LogP contribution is -2.14. The second-order valence-corrected chi connectivity index (χ2v) is 7.39. The number of imidazole rings is 1. The number of benzene rings is 2. The molecule has 1 amide bonds. The maximum Gasteiger partial charge on any atom is 0.255 e. The SMILES string of the molecule is CCc1cccc(C)c1NC(=O)c1cccc(OCc2cn3cccc(C)c3n2)c1. The molecule has 2 aromatic carbocycles. The summed E-state index contributed by atoms with van der Waals surface area (Å²) in [7, 11) is 0. The van der Waals surface area contributed by atoms with Crippen molar-refractivity contribution in [3.63, 3.8) is 0 Å². The largest absolute Gasteiger partial charge is 0.487 e. The molecular weight excluding hydrogens is 374 g/mol. The molecule has 0 atom stereocenters. The van der Waals surface area contributed by atoms with E-state index in [1.165, 1.54) is 0 Å². The normalized spacial score (nSPS) is 10.9. The summed E-state index contributed by atoms with van der Waals surface area (Å²) in [6, 6.07) is 17.3. The van der Waals surface area contributed by atoms with Gasteiger partial charge in [0.1, 0.15) is 18.0 Å². The lowest BCUT2D eigenvalue weighted by atomic mass is 10.1. The van der Waals surface area contributed by atoms with E-state index in [-0.39, 0.29) is 5.91 Å². The zero-order valence-electron chi connectivity index (χ0n) is 17.5. The van der Waals surface area contributed by atoms with Crippen LogP contribution in [0.3, 0.4) is 0 Å². The monoisotopic (exact) mass is 399 g/mol. The van der Waals surface area contributed by atoms with Crippen LogP contribution in [0.2, 0.25) is 0 Å². The summed E-state index contributed by atoms with van der Waals surface area (Å²) in [6.07, 6.45) is 4.79. The van der Waals surface area contributed by atoms with Gasteiger partial charge in [-0.3, -0.25) is 4.79 Å². The fourth-order valence-electron chi connectivity index (χ4n) is 3.55. The number of carbonyl (C=O) groups excluding carboxylic acids is 1. The van der Waals surface area contributed by atoms with Gasteiger partial charge in [-0.25, -0.2) is 4.98 Å². The zero-order valence-corrected chi connectivity index (χ0v) is 17.5. The molecule has 2 heterocycles. The van der Waals surface area contributed by atoms with Crippen LogP contribution in [0.4, 0.5) is 5.69 Å². The maximum absolute atomic E-state index is 12.8. The van der Waals surface area contributed by atoms with E-state index in [1.54, 1.807) is 12.1 Å². The predicted molar refractivity (Wildman–Crippen MR) is 119 cm³/mol. The Balaban J connectivity index is 1.48. The maximum atomic E-state index is 12.8. The molecular formula is C25H25N3O2. The summed E-state index contributed by atoms with van der Waals surface area (Å²) in [6.45, 7) is 6.46. The van der Waals surface area contributed by atoms with Crippen molar-refractivity contribution in [3.8, 4) is 5.75 Å². The van der Waals surface area contributed by atoms with Crippen LogP contribution in [0.1, 0.15) is 39.7 Å². The Labute approximate surface area is 176 Å². The average molecular weight is 399 g/mol. The molecule has 0 aliphatic rings. The number of hydrogen-bond donors (Lipinski definition) is 1. The molecule has 152 valence electrons. The topological polar surface area (TPSA) is 55.6 Å². The number of aryl methyl sites for hydroxylation is 3. The molecule has 5 heteroatoms. The summed E-state index contributed by atoms with van der Waals surface area (Å²) in [5, 5.41) is 3.06. The van der Waals surface area contributed by atoms with Crippen LogP contribution in [-0.4, -0.2) is 15.3 Å². The van der Waals surface area contributed by atoms with Crippen molar-refractivity contribution in [3.05, 3.63) is 94.9 Å². The summed E-state index contributed by atoms with van der Waals surface area (Å²) < 4.78 is 7.91. The minimum Gasteiger partial charge on any atom is -0.487 e. The molecule has 0 unspecified atom stereocenters. The molecule has 0 saturated carbocycles. The van der Waals surface area contributed by atoms with Crippen LogP contribution >= 0.6 is 0 Å². The molecule has 1 N–H and O–H groups in total. The summed E-state index contributed by atoms with van der Waals surface area (Å²) in [4.78, 5) is 17.5. The Hall–Kier alpha value is -3.60. The lowest BCUT2D eigenvalue weighted by Gasteiger charge is -2.13. The van der Waals surface area contributed by atoms with E-state index in [0.29, 0.717) is 17.9 Å². The Bertz CT molecular complexity index is 1210. The highest BCUT2D eigenvalue weighted by atomic mass is 16.5. The average Bonchev–Trinajstić information content (AvgIpc) is 3.18. The number of aromatic nitrogens is 2. The van der Waals surface area contributed by atoms with Crippen LogP contribution in [0.15, 0.2) is 67.0 Å². The van der Waals surface area contributed by atoms with Crippen LogP contribution < -0.4 is 10.1 Å². The molecule has 30 heavy (non-hydrogen) atoms. The van der Waals surface area contributed by atoms with Crippen molar-refractivity contribution in [2.75, 3.05) is 5.32 Å². The Morgan fingerprint density at radius 1 is 1.07 bits per heavy atom. The van der Waals surface area contributed by atoms with Gasteiger partial charge < -0.3 is 14.5 Å². The number of para-hydroxylation sites is 1. The molecule has 4 aromatic rings. The van der Waals surface area contributed by atoms with E-state index in [4.69, 9.17) is 4.74 Å². The van der Waals surface area contributed by atoms with E-state index < -0.39 is 0 Å². The molecule has 0 aliphatic heterocycles. The van der Waals surface area contributed by atoms with Crippen molar-refractivity contribution in [1.82, 2.24) is 9.38 Å². The molecule has 2 aromatic heterocycles. The summed E-state index contributed by atoms with van der Waals surface area (Å²) in [5.74, 6) is 0.490. The first-order valence-electron chi connectivity index (χ1n) is 10.1. The van der Waals surface area contributed by atoms with Crippen molar-refractivity contribution in [2.45, 2.75) is 33.8 Å². The number of rotatable bonds is 6. The number of ether oxygens (including phenoxy) is 1.